The van der Waals surface area contributed by atoms with Gasteiger partial charge in [0.15, 0.2) is 6.10 Å². The number of oxime groups is 1. The van der Waals surface area contributed by atoms with E-state index < -0.39 is 0 Å². The zero-order valence-corrected chi connectivity index (χ0v) is 13.2. The van der Waals surface area contributed by atoms with E-state index in [1.807, 2.05) is 24.3 Å². The number of nitrogens with zero attached hydrogens (tertiary/aromatic N) is 1. The maximum absolute atomic E-state index is 13.0. The van der Waals surface area contributed by atoms with Crippen LogP contribution in [-0.2, 0) is 9.68 Å². The average Bonchev–Trinajstić information content (AvgIpc) is 3.10. The van der Waals surface area contributed by atoms with Crippen LogP contribution in [0.2, 0.25) is 0 Å². The average molecular weight is 324 g/mol. The lowest BCUT2D eigenvalue weighted by atomic mass is 9.99. The Kier molecular flexibility index (Phi) is 4.90. The summed E-state index contributed by atoms with van der Waals surface area (Å²) in [5.74, 6) is 10.7. The van der Waals surface area contributed by atoms with Crippen molar-refractivity contribution < 1.29 is 14.1 Å². The van der Waals surface area contributed by atoms with E-state index in [4.69, 9.17) is 10.7 Å². The standard InChI is InChI=1S/C19H17FN2O2/c1-13(23-21)5-6-14-3-2-4-16(11-14)19-12-18(22-24-19)15-7-9-17(20)10-8-15/h2-4,7-11,13,19H,12,21H2,1H3. The Morgan fingerprint density at radius 3 is 2.83 bits per heavy atom. The summed E-state index contributed by atoms with van der Waals surface area (Å²) in [6.07, 6.45) is 0.130. The number of rotatable bonds is 3. The van der Waals surface area contributed by atoms with Crippen LogP contribution in [-0.4, -0.2) is 11.8 Å². The van der Waals surface area contributed by atoms with Crippen molar-refractivity contribution in [3.05, 3.63) is 71.0 Å². The molecule has 4 nitrogen and oxygen atoms in total. The van der Waals surface area contributed by atoms with Gasteiger partial charge >= 0.3 is 0 Å². The van der Waals surface area contributed by atoms with E-state index >= 15 is 0 Å². The van der Waals surface area contributed by atoms with Gasteiger partial charge in [-0.1, -0.05) is 41.3 Å². The second-order valence-corrected chi connectivity index (χ2v) is 5.52. The van der Waals surface area contributed by atoms with Crippen LogP contribution in [0.5, 0.6) is 0 Å². The fraction of sp³-hybridized carbons (Fsp3) is 0.211. The highest BCUT2D eigenvalue weighted by atomic mass is 19.1. The molecule has 2 atom stereocenters. The monoisotopic (exact) mass is 324 g/mol. The summed E-state index contributed by atoms with van der Waals surface area (Å²) < 4.78 is 13.0. The van der Waals surface area contributed by atoms with E-state index in [0.717, 1.165) is 22.4 Å². The van der Waals surface area contributed by atoms with Gasteiger partial charge in [-0.05, 0) is 42.3 Å². The minimum absolute atomic E-state index is 0.171. The van der Waals surface area contributed by atoms with E-state index in [9.17, 15) is 4.39 Å². The molecule has 0 spiro atoms. The number of benzene rings is 2. The molecule has 0 aliphatic carbocycles. The van der Waals surface area contributed by atoms with Crippen LogP contribution >= 0.6 is 0 Å². The Balaban J connectivity index is 1.72. The molecule has 0 radical (unpaired) electrons. The highest BCUT2D eigenvalue weighted by molar-refractivity contribution is 6.01. The third kappa shape index (κ3) is 3.80. The Hall–Kier alpha value is -2.68. The molecule has 5 heteroatoms. The Labute approximate surface area is 140 Å². The SMILES string of the molecule is CC(C#Cc1cccc(C2CC(c3ccc(F)cc3)=NO2)c1)ON. The summed E-state index contributed by atoms with van der Waals surface area (Å²) in [5.41, 5.74) is 3.52. The first-order chi connectivity index (χ1) is 11.7. The van der Waals surface area contributed by atoms with Crippen LogP contribution in [0.4, 0.5) is 4.39 Å². The quantitative estimate of drug-likeness (QED) is 0.696. The van der Waals surface area contributed by atoms with Crippen LogP contribution < -0.4 is 5.90 Å². The zero-order chi connectivity index (χ0) is 16.9. The summed E-state index contributed by atoms with van der Waals surface area (Å²) in [6, 6.07) is 14.0. The molecule has 0 bridgehead atoms. The fourth-order valence-corrected chi connectivity index (χ4v) is 2.40. The fourth-order valence-electron chi connectivity index (χ4n) is 2.40. The predicted molar refractivity (Wildman–Crippen MR) is 89.4 cm³/mol. The van der Waals surface area contributed by atoms with Crippen molar-refractivity contribution in [1.82, 2.24) is 0 Å². The van der Waals surface area contributed by atoms with Gasteiger partial charge in [0.1, 0.15) is 11.9 Å². The van der Waals surface area contributed by atoms with Gasteiger partial charge in [-0.2, -0.15) is 0 Å². The highest BCUT2D eigenvalue weighted by Gasteiger charge is 2.23. The first-order valence-electron chi connectivity index (χ1n) is 7.61. The molecule has 0 saturated carbocycles. The first kappa shape index (κ1) is 16.2. The third-order valence-electron chi connectivity index (χ3n) is 3.73. The van der Waals surface area contributed by atoms with Crippen LogP contribution in [0.25, 0.3) is 0 Å². The van der Waals surface area contributed by atoms with Crippen LogP contribution in [0.1, 0.15) is 36.1 Å². The molecular weight excluding hydrogens is 307 g/mol. The maximum Gasteiger partial charge on any atom is 0.158 e. The molecule has 0 fully saturated rings. The topological polar surface area (TPSA) is 56.8 Å². The van der Waals surface area contributed by atoms with Gasteiger partial charge in [-0.3, -0.25) is 4.84 Å². The third-order valence-corrected chi connectivity index (χ3v) is 3.73. The minimum Gasteiger partial charge on any atom is -0.387 e. The smallest absolute Gasteiger partial charge is 0.158 e. The normalized spacial score (nSPS) is 17.5. The molecule has 2 unspecified atom stereocenters. The van der Waals surface area contributed by atoms with Crippen LogP contribution in [0.15, 0.2) is 53.7 Å². The summed E-state index contributed by atoms with van der Waals surface area (Å²) in [6.45, 7) is 1.78. The molecule has 3 rings (SSSR count). The lowest BCUT2D eigenvalue weighted by molar-refractivity contribution is 0.0857. The maximum atomic E-state index is 13.0. The lowest BCUT2D eigenvalue weighted by Gasteiger charge is -2.08. The van der Waals surface area contributed by atoms with Crippen molar-refractivity contribution in [3.63, 3.8) is 0 Å². The van der Waals surface area contributed by atoms with E-state index in [0.29, 0.717) is 6.42 Å². The first-order valence-corrected chi connectivity index (χ1v) is 7.61. The molecule has 1 heterocycles. The largest absolute Gasteiger partial charge is 0.387 e. The lowest BCUT2D eigenvalue weighted by Crippen LogP contribution is -2.10. The van der Waals surface area contributed by atoms with Crippen molar-refractivity contribution in [3.8, 4) is 11.8 Å². The molecule has 24 heavy (non-hydrogen) atoms. The summed E-state index contributed by atoms with van der Waals surface area (Å²) in [4.78, 5) is 10.2. The van der Waals surface area contributed by atoms with E-state index in [1.54, 1.807) is 19.1 Å². The second-order valence-electron chi connectivity index (χ2n) is 5.52. The molecule has 0 aromatic heterocycles. The molecule has 122 valence electrons. The molecule has 1 aliphatic rings. The molecule has 0 saturated heterocycles. The van der Waals surface area contributed by atoms with Crippen molar-refractivity contribution >= 4 is 5.71 Å². The Morgan fingerprint density at radius 2 is 2.08 bits per heavy atom. The van der Waals surface area contributed by atoms with Gasteiger partial charge in [0, 0.05) is 12.0 Å². The Bertz CT molecular complexity index is 806. The second kappa shape index (κ2) is 7.26. The summed E-state index contributed by atoms with van der Waals surface area (Å²) in [5, 5.41) is 4.13. The number of halogens is 1. The van der Waals surface area contributed by atoms with Crippen LogP contribution in [0.3, 0.4) is 0 Å². The predicted octanol–water partition coefficient (Wildman–Crippen LogP) is 3.32. The van der Waals surface area contributed by atoms with E-state index in [-0.39, 0.29) is 18.0 Å². The molecule has 2 aromatic carbocycles. The van der Waals surface area contributed by atoms with Gasteiger partial charge in [0.25, 0.3) is 0 Å². The van der Waals surface area contributed by atoms with Crippen molar-refractivity contribution in [2.45, 2.75) is 25.6 Å². The minimum atomic E-state index is -0.329. The van der Waals surface area contributed by atoms with Crippen molar-refractivity contribution in [1.29, 1.82) is 0 Å². The number of nitrogens with two attached hydrogens (primary N) is 1. The van der Waals surface area contributed by atoms with Gasteiger partial charge in [-0.25, -0.2) is 10.3 Å². The van der Waals surface area contributed by atoms with Gasteiger partial charge in [-0.15, -0.1) is 0 Å². The summed E-state index contributed by atoms with van der Waals surface area (Å²) >= 11 is 0. The molecule has 2 aromatic rings. The van der Waals surface area contributed by atoms with Gasteiger partial charge < -0.3 is 4.84 Å². The molecular formula is C19H17FN2O2. The molecule has 1 aliphatic heterocycles. The van der Waals surface area contributed by atoms with Gasteiger partial charge in [0.05, 0.1) is 5.71 Å². The highest BCUT2D eigenvalue weighted by Crippen LogP contribution is 2.29. The van der Waals surface area contributed by atoms with Gasteiger partial charge in [0.2, 0.25) is 0 Å². The summed E-state index contributed by atoms with van der Waals surface area (Å²) in [7, 11) is 0. The van der Waals surface area contributed by atoms with E-state index in [2.05, 4.69) is 21.8 Å². The number of hydrogen-bond acceptors (Lipinski definition) is 4. The molecule has 0 amide bonds. The number of hydrogen-bond donors (Lipinski definition) is 1. The van der Waals surface area contributed by atoms with Crippen LogP contribution in [0, 0.1) is 17.7 Å². The molecule has 2 N–H and O–H groups in total. The Morgan fingerprint density at radius 1 is 1.29 bits per heavy atom. The van der Waals surface area contributed by atoms with E-state index in [1.165, 1.54) is 12.1 Å². The van der Waals surface area contributed by atoms with Crippen molar-refractivity contribution in [2.75, 3.05) is 0 Å². The zero-order valence-electron chi connectivity index (χ0n) is 13.2. The van der Waals surface area contributed by atoms with Crippen molar-refractivity contribution in [2.24, 2.45) is 11.1 Å².